The van der Waals surface area contributed by atoms with Gasteiger partial charge in [0, 0.05) is 0 Å². The minimum absolute atomic E-state index is 1.16. The summed E-state index contributed by atoms with van der Waals surface area (Å²) in [4.78, 5) is 0. The standard InChI is InChI=1S/C18H35N/c1-3-5-7-9-11-13-15-17-19-18-16-14-12-10-8-6-4-2/h9-12,19H,3-8,13-18H2,1-2H3/b11-9+,12-10+. The SMILES string of the molecule is CCCC/C=C/CCCNCCC/C=C/CCCC. The Labute approximate surface area is 121 Å². The van der Waals surface area contributed by atoms with Crippen LogP contribution in [0, 0.1) is 0 Å². The molecule has 0 saturated carbocycles. The zero-order valence-electron chi connectivity index (χ0n) is 13.3. The fraction of sp³-hybridized carbons (Fsp3) is 0.778. The van der Waals surface area contributed by atoms with E-state index in [9.17, 15) is 0 Å². The van der Waals surface area contributed by atoms with Gasteiger partial charge >= 0.3 is 0 Å². The summed E-state index contributed by atoms with van der Waals surface area (Å²) in [5.41, 5.74) is 0. The van der Waals surface area contributed by atoms with Gasteiger partial charge in [0.1, 0.15) is 0 Å². The molecule has 0 fully saturated rings. The van der Waals surface area contributed by atoms with Gasteiger partial charge in [-0.15, -0.1) is 0 Å². The van der Waals surface area contributed by atoms with E-state index < -0.39 is 0 Å². The highest BCUT2D eigenvalue weighted by Crippen LogP contribution is 1.99. The Balaban J connectivity index is 3.06. The first-order valence-corrected chi connectivity index (χ1v) is 8.42. The molecular weight excluding hydrogens is 230 g/mol. The van der Waals surface area contributed by atoms with Gasteiger partial charge in [-0.05, 0) is 51.6 Å². The molecule has 19 heavy (non-hydrogen) atoms. The van der Waals surface area contributed by atoms with Crippen molar-refractivity contribution < 1.29 is 0 Å². The fourth-order valence-corrected chi connectivity index (χ4v) is 1.93. The van der Waals surface area contributed by atoms with Crippen molar-refractivity contribution in [2.24, 2.45) is 0 Å². The second-order valence-electron chi connectivity index (χ2n) is 5.26. The van der Waals surface area contributed by atoms with Crippen LogP contribution in [0.4, 0.5) is 0 Å². The van der Waals surface area contributed by atoms with Crippen molar-refractivity contribution in [1.82, 2.24) is 5.32 Å². The molecule has 0 rings (SSSR count). The molecule has 0 unspecified atom stereocenters. The predicted molar refractivity (Wildman–Crippen MR) is 88.7 cm³/mol. The van der Waals surface area contributed by atoms with Crippen molar-refractivity contribution in [1.29, 1.82) is 0 Å². The van der Waals surface area contributed by atoms with E-state index >= 15 is 0 Å². The minimum atomic E-state index is 1.16. The highest BCUT2D eigenvalue weighted by Gasteiger charge is 1.87. The van der Waals surface area contributed by atoms with Gasteiger partial charge < -0.3 is 5.32 Å². The third-order valence-electron chi connectivity index (χ3n) is 3.23. The molecule has 0 aliphatic carbocycles. The van der Waals surface area contributed by atoms with E-state index in [0.717, 1.165) is 13.1 Å². The van der Waals surface area contributed by atoms with Crippen molar-refractivity contribution in [3.63, 3.8) is 0 Å². The van der Waals surface area contributed by atoms with Gasteiger partial charge in [0.2, 0.25) is 0 Å². The summed E-state index contributed by atoms with van der Waals surface area (Å²) >= 11 is 0. The third kappa shape index (κ3) is 17.4. The zero-order chi connectivity index (χ0) is 14.0. The van der Waals surface area contributed by atoms with E-state index in [4.69, 9.17) is 0 Å². The zero-order valence-corrected chi connectivity index (χ0v) is 13.3. The van der Waals surface area contributed by atoms with Gasteiger partial charge in [-0.1, -0.05) is 63.8 Å². The average molecular weight is 265 g/mol. The van der Waals surface area contributed by atoms with Crippen molar-refractivity contribution in [3.05, 3.63) is 24.3 Å². The van der Waals surface area contributed by atoms with Crippen molar-refractivity contribution >= 4 is 0 Å². The predicted octanol–water partition coefficient (Wildman–Crippen LogP) is 5.63. The summed E-state index contributed by atoms with van der Waals surface area (Å²) in [5, 5.41) is 3.52. The quantitative estimate of drug-likeness (QED) is 0.317. The molecule has 0 amide bonds. The van der Waals surface area contributed by atoms with Gasteiger partial charge in [-0.3, -0.25) is 0 Å². The molecule has 0 aromatic rings. The molecule has 1 heteroatoms. The normalized spacial score (nSPS) is 11.9. The molecule has 1 nitrogen and oxygen atoms in total. The van der Waals surface area contributed by atoms with E-state index in [0.29, 0.717) is 0 Å². The van der Waals surface area contributed by atoms with Crippen LogP contribution in [0.3, 0.4) is 0 Å². The maximum absolute atomic E-state index is 3.52. The molecule has 0 atom stereocenters. The van der Waals surface area contributed by atoms with E-state index in [1.54, 1.807) is 0 Å². The molecule has 0 aliphatic rings. The van der Waals surface area contributed by atoms with Gasteiger partial charge in [0.25, 0.3) is 0 Å². The van der Waals surface area contributed by atoms with Crippen molar-refractivity contribution in [2.75, 3.05) is 13.1 Å². The molecule has 0 saturated heterocycles. The highest BCUT2D eigenvalue weighted by atomic mass is 14.8. The topological polar surface area (TPSA) is 12.0 Å². The lowest BCUT2D eigenvalue weighted by Crippen LogP contribution is -2.16. The van der Waals surface area contributed by atoms with Crippen molar-refractivity contribution in [3.8, 4) is 0 Å². The van der Waals surface area contributed by atoms with Crippen LogP contribution in [-0.4, -0.2) is 13.1 Å². The van der Waals surface area contributed by atoms with Crippen LogP contribution >= 0.6 is 0 Å². The Morgan fingerprint density at radius 2 is 0.947 bits per heavy atom. The monoisotopic (exact) mass is 265 g/mol. The fourth-order valence-electron chi connectivity index (χ4n) is 1.93. The minimum Gasteiger partial charge on any atom is -0.317 e. The van der Waals surface area contributed by atoms with E-state index in [2.05, 4.69) is 43.5 Å². The molecule has 0 aromatic heterocycles. The van der Waals surface area contributed by atoms with Crippen LogP contribution in [0.25, 0.3) is 0 Å². The Morgan fingerprint density at radius 1 is 0.579 bits per heavy atom. The second kappa shape index (κ2) is 17.4. The van der Waals surface area contributed by atoms with Crippen LogP contribution in [-0.2, 0) is 0 Å². The number of rotatable bonds is 14. The Hall–Kier alpha value is -0.560. The first-order valence-electron chi connectivity index (χ1n) is 8.42. The highest BCUT2D eigenvalue weighted by molar-refractivity contribution is 4.82. The van der Waals surface area contributed by atoms with Crippen LogP contribution in [0.15, 0.2) is 24.3 Å². The number of hydrogen-bond acceptors (Lipinski definition) is 1. The molecule has 0 spiro atoms. The Kier molecular flexibility index (Phi) is 16.9. The summed E-state index contributed by atoms with van der Waals surface area (Å²) in [6.07, 6.45) is 22.2. The van der Waals surface area contributed by atoms with Crippen LogP contribution < -0.4 is 5.32 Å². The van der Waals surface area contributed by atoms with E-state index in [-0.39, 0.29) is 0 Å². The van der Waals surface area contributed by atoms with Gasteiger partial charge in [0.05, 0.1) is 0 Å². The molecular formula is C18H35N. The van der Waals surface area contributed by atoms with Crippen LogP contribution in [0.2, 0.25) is 0 Å². The van der Waals surface area contributed by atoms with Crippen LogP contribution in [0.1, 0.15) is 78.1 Å². The molecule has 0 heterocycles. The molecule has 0 aromatic carbocycles. The van der Waals surface area contributed by atoms with E-state index in [1.807, 2.05) is 0 Å². The molecule has 0 radical (unpaired) electrons. The number of unbranched alkanes of at least 4 members (excludes halogenated alkanes) is 6. The molecule has 1 N–H and O–H groups in total. The lowest BCUT2D eigenvalue weighted by molar-refractivity contribution is 0.629. The van der Waals surface area contributed by atoms with Gasteiger partial charge in [-0.2, -0.15) is 0 Å². The molecule has 0 bridgehead atoms. The Morgan fingerprint density at radius 3 is 1.32 bits per heavy atom. The Bertz CT molecular complexity index is 184. The van der Waals surface area contributed by atoms with E-state index in [1.165, 1.54) is 64.2 Å². The molecule has 112 valence electrons. The van der Waals surface area contributed by atoms with Gasteiger partial charge in [0.15, 0.2) is 0 Å². The molecule has 0 aliphatic heterocycles. The maximum atomic E-state index is 3.52. The number of nitrogens with one attached hydrogen (secondary N) is 1. The van der Waals surface area contributed by atoms with Crippen molar-refractivity contribution in [2.45, 2.75) is 78.1 Å². The average Bonchev–Trinajstić information content (AvgIpc) is 2.43. The maximum Gasteiger partial charge on any atom is -0.00460 e. The summed E-state index contributed by atoms with van der Waals surface area (Å²) in [7, 11) is 0. The summed E-state index contributed by atoms with van der Waals surface area (Å²) in [5.74, 6) is 0. The summed E-state index contributed by atoms with van der Waals surface area (Å²) in [6, 6.07) is 0. The largest absolute Gasteiger partial charge is 0.317 e. The van der Waals surface area contributed by atoms with Crippen LogP contribution in [0.5, 0.6) is 0 Å². The van der Waals surface area contributed by atoms with Gasteiger partial charge in [-0.25, -0.2) is 0 Å². The first kappa shape index (κ1) is 18.4. The lowest BCUT2D eigenvalue weighted by atomic mass is 10.2. The number of allylic oxidation sites excluding steroid dienone is 4. The second-order valence-corrected chi connectivity index (χ2v) is 5.26. The lowest BCUT2D eigenvalue weighted by Gasteiger charge is -2.01. The summed E-state index contributed by atoms with van der Waals surface area (Å²) in [6.45, 7) is 6.82. The number of hydrogen-bond donors (Lipinski definition) is 1. The summed E-state index contributed by atoms with van der Waals surface area (Å²) < 4.78 is 0. The smallest absolute Gasteiger partial charge is 0.00460 e. The first-order chi connectivity index (χ1) is 9.41. The third-order valence-corrected chi connectivity index (χ3v) is 3.23.